The first-order chi connectivity index (χ1) is 8.71. The predicted octanol–water partition coefficient (Wildman–Crippen LogP) is 2.33. The molecule has 0 amide bonds. The number of hydrogen-bond donors (Lipinski definition) is 2. The molecule has 4 heteroatoms. The van der Waals surface area contributed by atoms with Crippen molar-refractivity contribution in [3.05, 3.63) is 29.6 Å². The van der Waals surface area contributed by atoms with Crippen molar-refractivity contribution < 1.29 is 14.2 Å². The predicted molar refractivity (Wildman–Crippen MR) is 70.1 cm³/mol. The number of benzene rings is 1. The summed E-state index contributed by atoms with van der Waals surface area (Å²) in [5.74, 6) is 0.228. The molecule has 0 aliphatic heterocycles. The van der Waals surface area contributed by atoms with E-state index < -0.39 is 0 Å². The van der Waals surface area contributed by atoms with Crippen LogP contribution in [0.1, 0.15) is 25.8 Å². The molecule has 0 heterocycles. The highest BCUT2D eigenvalue weighted by atomic mass is 19.1. The summed E-state index contributed by atoms with van der Waals surface area (Å²) in [6.45, 7) is 5.85. The molecule has 1 aromatic rings. The van der Waals surface area contributed by atoms with E-state index in [1.165, 1.54) is 6.07 Å². The van der Waals surface area contributed by atoms with Gasteiger partial charge in [0.2, 0.25) is 0 Å². The van der Waals surface area contributed by atoms with Crippen molar-refractivity contribution >= 4 is 0 Å². The Morgan fingerprint density at radius 1 is 1.39 bits per heavy atom. The number of hydrogen-bond acceptors (Lipinski definition) is 3. The van der Waals surface area contributed by atoms with E-state index in [1.54, 1.807) is 6.07 Å². The molecule has 0 saturated heterocycles. The number of nitrogens with one attached hydrogen (secondary N) is 1. The van der Waals surface area contributed by atoms with Gasteiger partial charge < -0.3 is 15.2 Å². The fraction of sp³-hybridized carbons (Fsp3) is 0.571. The van der Waals surface area contributed by atoms with Crippen molar-refractivity contribution in [1.82, 2.24) is 5.32 Å². The lowest BCUT2D eigenvalue weighted by Crippen LogP contribution is -2.24. The zero-order chi connectivity index (χ0) is 13.4. The molecule has 1 atom stereocenters. The Labute approximate surface area is 108 Å². The van der Waals surface area contributed by atoms with E-state index in [-0.39, 0.29) is 18.3 Å². The van der Waals surface area contributed by atoms with Gasteiger partial charge in [-0.05, 0) is 37.0 Å². The summed E-state index contributed by atoms with van der Waals surface area (Å²) >= 11 is 0. The third-order valence-corrected chi connectivity index (χ3v) is 2.89. The Kier molecular flexibility index (Phi) is 6.68. The van der Waals surface area contributed by atoms with Gasteiger partial charge in [-0.15, -0.1) is 0 Å². The zero-order valence-electron chi connectivity index (χ0n) is 11.1. The molecule has 0 saturated carbocycles. The van der Waals surface area contributed by atoms with Crippen LogP contribution in [0.15, 0.2) is 18.2 Å². The average molecular weight is 255 g/mol. The van der Waals surface area contributed by atoms with Gasteiger partial charge in [0.25, 0.3) is 0 Å². The van der Waals surface area contributed by atoms with Gasteiger partial charge in [0, 0.05) is 19.7 Å². The average Bonchev–Trinajstić information content (AvgIpc) is 2.38. The molecule has 1 unspecified atom stereocenters. The van der Waals surface area contributed by atoms with Crippen LogP contribution in [0.4, 0.5) is 4.39 Å². The Morgan fingerprint density at radius 3 is 2.72 bits per heavy atom. The van der Waals surface area contributed by atoms with Crippen LogP contribution in [0, 0.1) is 11.7 Å². The molecule has 0 bridgehead atoms. The van der Waals surface area contributed by atoms with E-state index in [4.69, 9.17) is 9.84 Å². The minimum atomic E-state index is -0.328. The molecule has 0 fully saturated rings. The summed E-state index contributed by atoms with van der Waals surface area (Å²) in [6.07, 6.45) is 0.932. The lowest BCUT2D eigenvalue weighted by molar-refractivity contribution is 0.218. The second kappa shape index (κ2) is 8.06. The molecule has 0 aliphatic rings. The number of rotatable bonds is 8. The molecule has 0 aromatic heterocycles. The van der Waals surface area contributed by atoms with Crippen LogP contribution in [-0.4, -0.2) is 24.9 Å². The van der Waals surface area contributed by atoms with Crippen molar-refractivity contribution in [1.29, 1.82) is 0 Å². The second-order valence-electron chi connectivity index (χ2n) is 4.29. The molecule has 18 heavy (non-hydrogen) atoms. The number of aliphatic hydroxyl groups is 1. The highest BCUT2D eigenvalue weighted by Gasteiger charge is 2.06. The zero-order valence-corrected chi connectivity index (χ0v) is 11.1. The van der Waals surface area contributed by atoms with Crippen LogP contribution in [0.5, 0.6) is 5.75 Å². The van der Waals surface area contributed by atoms with Gasteiger partial charge in [0.05, 0.1) is 6.61 Å². The van der Waals surface area contributed by atoms with E-state index in [0.29, 0.717) is 18.9 Å². The SMILES string of the molecule is CCOc1ccc(CNCC(CC)CO)cc1F. The van der Waals surface area contributed by atoms with E-state index in [2.05, 4.69) is 5.32 Å². The Hall–Kier alpha value is -1.13. The highest BCUT2D eigenvalue weighted by molar-refractivity contribution is 5.29. The largest absolute Gasteiger partial charge is 0.491 e. The van der Waals surface area contributed by atoms with Crippen molar-refractivity contribution in [2.24, 2.45) is 5.92 Å². The van der Waals surface area contributed by atoms with E-state index in [0.717, 1.165) is 18.5 Å². The molecule has 0 radical (unpaired) electrons. The minimum Gasteiger partial charge on any atom is -0.491 e. The standard InChI is InChI=1S/C14H22FNO2/c1-3-11(10-17)8-16-9-12-5-6-14(18-4-2)13(15)7-12/h5-7,11,16-17H,3-4,8-10H2,1-2H3. The normalized spacial score (nSPS) is 12.4. The maximum absolute atomic E-state index is 13.6. The molecule has 1 rings (SSSR count). The van der Waals surface area contributed by atoms with Gasteiger partial charge in [-0.1, -0.05) is 13.0 Å². The van der Waals surface area contributed by atoms with Gasteiger partial charge in [-0.25, -0.2) is 4.39 Å². The molecular formula is C14H22FNO2. The monoisotopic (exact) mass is 255 g/mol. The Bertz CT molecular complexity index is 354. The van der Waals surface area contributed by atoms with Crippen molar-refractivity contribution in [3.8, 4) is 5.75 Å². The minimum absolute atomic E-state index is 0.182. The van der Waals surface area contributed by atoms with Gasteiger partial charge in [0.15, 0.2) is 11.6 Å². The molecule has 1 aromatic carbocycles. The van der Waals surface area contributed by atoms with E-state index in [1.807, 2.05) is 19.9 Å². The lowest BCUT2D eigenvalue weighted by Gasteiger charge is -2.13. The van der Waals surface area contributed by atoms with Crippen LogP contribution >= 0.6 is 0 Å². The quantitative estimate of drug-likeness (QED) is 0.749. The first-order valence-corrected chi connectivity index (χ1v) is 6.44. The van der Waals surface area contributed by atoms with E-state index >= 15 is 0 Å². The van der Waals surface area contributed by atoms with Gasteiger partial charge in [-0.2, -0.15) is 0 Å². The van der Waals surface area contributed by atoms with Gasteiger partial charge in [-0.3, -0.25) is 0 Å². The number of ether oxygens (including phenoxy) is 1. The highest BCUT2D eigenvalue weighted by Crippen LogP contribution is 2.18. The van der Waals surface area contributed by atoms with Crippen LogP contribution in [-0.2, 0) is 6.54 Å². The maximum atomic E-state index is 13.6. The second-order valence-corrected chi connectivity index (χ2v) is 4.29. The first-order valence-electron chi connectivity index (χ1n) is 6.44. The van der Waals surface area contributed by atoms with Crippen LogP contribution in [0.25, 0.3) is 0 Å². The number of halogens is 1. The third kappa shape index (κ3) is 4.63. The fourth-order valence-electron chi connectivity index (χ4n) is 1.69. The van der Waals surface area contributed by atoms with Crippen LogP contribution < -0.4 is 10.1 Å². The van der Waals surface area contributed by atoms with Crippen molar-refractivity contribution in [2.45, 2.75) is 26.8 Å². The molecule has 0 aliphatic carbocycles. The number of aliphatic hydroxyl groups excluding tert-OH is 1. The van der Waals surface area contributed by atoms with Gasteiger partial charge in [0.1, 0.15) is 0 Å². The summed E-state index contributed by atoms with van der Waals surface area (Å²) in [7, 11) is 0. The summed E-state index contributed by atoms with van der Waals surface area (Å²) in [4.78, 5) is 0. The third-order valence-electron chi connectivity index (χ3n) is 2.89. The molecular weight excluding hydrogens is 233 g/mol. The van der Waals surface area contributed by atoms with E-state index in [9.17, 15) is 4.39 Å². The molecule has 2 N–H and O–H groups in total. The topological polar surface area (TPSA) is 41.5 Å². The Balaban J connectivity index is 2.45. The summed E-state index contributed by atoms with van der Waals surface area (Å²) < 4.78 is 18.7. The summed E-state index contributed by atoms with van der Waals surface area (Å²) in [6, 6.07) is 4.98. The van der Waals surface area contributed by atoms with Crippen LogP contribution in [0.3, 0.4) is 0 Å². The van der Waals surface area contributed by atoms with Gasteiger partial charge >= 0.3 is 0 Å². The summed E-state index contributed by atoms with van der Waals surface area (Å²) in [5, 5.41) is 12.3. The molecule has 102 valence electrons. The van der Waals surface area contributed by atoms with Crippen molar-refractivity contribution in [2.75, 3.05) is 19.8 Å². The molecule has 0 spiro atoms. The maximum Gasteiger partial charge on any atom is 0.165 e. The lowest BCUT2D eigenvalue weighted by atomic mass is 10.1. The smallest absolute Gasteiger partial charge is 0.165 e. The fourth-order valence-corrected chi connectivity index (χ4v) is 1.69. The van der Waals surface area contributed by atoms with Crippen LogP contribution in [0.2, 0.25) is 0 Å². The Morgan fingerprint density at radius 2 is 2.17 bits per heavy atom. The van der Waals surface area contributed by atoms with Crippen molar-refractivity contribution in [3.63, 3.8) is 0 Å². The summed E-state index contributed by atoms with van der Waals surface area (Å²) in [5.41, 5.74) is 0.878. The first kappa shape index (κ1) is 14.9. The molecule has 3 nitrogen and oxygen atoms in total.